The average Bonchev–Trinajstić information content (AvgIpc) is 3.12. The number of amides is 1. The molecule has 1 aliphatic heterocycles. The fourth-order valence-electron chi connectivity index (χ4n) is 3.47. The summed E-state index contributed by atoms with van der Waals surface area (Å²) in [6.45, 7) is 1.30. The highest BCUT2D eigenvalue weighted by molar-refractivity contribution is 7.91. The van der Waals surface area contributed by atoms with Gasteiger partial charge in [-0.2, -0.15) is 0 Å². The predicted molar refractivity (Wildman–Crippen MR) is 123 cm³/mol. The van der Waals surface area contributed by atoms with Crippen LogP contribution in [-0.4, -0.2) is 46.8 Å². The van der Waals surface area contributed by atoms with E-state index in [1.165, 1.54) is 13.0 Å². The fraction of sp³-hybridized carbons (Fsp3) is 0.300. The second-order valence-corrected chi connectivity index (χ2v) is 10.7. The molecule has 1 saturated heterocycles. The lowest BCUT2D eigenvalue weighted by Gasteiger charge is -2.23. The zero-order valence-corrected chi connectivity index (χ0v) is 18.8. The number of halogens is 1. The van der Waals surface area contributed by atoms with E-state index in [9.17, 15) is 13.2 Å². The van der Waals surface area contributed by atoms with Crippen LogP contribution in [0.5, 0.6) is 0 Å². The number of sulfone groups is 1. The van der Waals surface area contributed by atoms with Crippen molar-refractivity contribution < 1.29 is 17.6 Å². The number of hydrogen-bond acceptors (Lipinski definition) is 9. The summed E-state index contributed by atoms with van der Waals surface area (Å²) in [5.74, 6) is -0.406. The molecule has 0 aliphatic carbocycles. The summed E-state index contributed by atoms with van der Waals surface area (Å²) in [6.07, 6.45) is 2.53. The third-order valence-electron chi connectivity index (χ3n) is 4.98. The number of thiazole rings is 1. The number of nitrogen functional groups attached to an aromatic ring is 1. The van der Waals surface area contributed by atoms with Crippen LogP contribution in [0, 0.1) is 5.82 Å². The lowest BCUT2D eigenvalue weighted by atomic mass is 10.1. The van der Waals surface area contributed by atoms with E-state index in [1.54, 1.807) is 24.4 Å². The van der Waals surface area contributed by atoms with E-state index in [0.29, 0.717) is 35.1 Å². The van der Waals surface area contributed by atoms with Crippen LogP contribution in [0.3, 0.4) is 0 Å². The standard InChI is InChI=1S/C20H21FN6O3S2/c1-11(28)24-14-4-2-3-13(16(14)21)17-18(31-19(22)27-17)15-5-8-23-20(26-15)25-12-6-9-32(29,30)10-7-12/h2-5,8,12H,6-7,9-10H2,1H3,(H2,22,27)(H,24,28)(H,23,25,26). The Hall–Kier alpha value is -3.12. The van der Waals surface area contributed by atoms with E-state index < -0.39 is 15.7 Å². The minimum atomic E-state index is -2.97. The third-order valence-corrected chi connectivity index (χ3v) is 7.61. The molecule has 0 radical (unpaired) electrons. The first-order valence-corrected chi connectivity index (χ1v) is 12.5. The molecule has 1 fully saturated rings. The SMILES string of the molecule is CC(=O)Nc1cccc(-c2nc(N)sc2-c2ccnc(NC3CCS(=O)(=O)CC3)n2)c1F. The van der Waals surface area contributed by atoms with Gasteiger partial charge in [0.05, 0.1) is 33.5 Å². The lowest BCUT2D eigenvalue weighted by Crippen LogP contribution is -2.32. The van der Waals surface area contributed by atoms with Gasteiger partial charge in [0.1, 0.15) is 9.84 Å². The highest BCUT2D eigenvalue weighted by Gasteiger charge is 2.25. The molecular formula is C20H21FN6O3S2. The van der Waals surface area contributed by atoms with Gasteiger partial charge >= 0.3 is 0 Å². The van der Waals surface area contributed by atoms with Crippen molar-refractivity contribution in [1.29, 1.82) is 0 Å². The molecule has 2 aromatic heterocycles. The Kier molecular flexibility index (Phi) is 6.07. The summed E-state index contributed by atoms with van der Waals surface area (Å²) >= 11 is 1.16. The number of nitrogens with two attached hydrogens (primary N) is 1. The second-order valence-electron chi connectivity index (χ2n) is 7.41. The molecule has 0 atom stereocenters. The number of rotatable bonds is 5. The monoisotopic (exact) mass is 476 g/mol. The van der Waals surface area contributed by atoms with Crippen molar-refractivity contribution in [3.8, 4) is 21.8 Å². The van der Waals surface area contributed by atoms with E-state index in [2.05, 4.69) is 25.6 Å². The van der Waals surface area contributed by atoms with E-state index >= 15 is 4.39 Å². The number of benzene rings is 1. The van der Waals surface area contributed by atoms with Gasteiger partial charge < -0.3 is 16.4 Å². The maximum Gasteiger partial charge on any atom is 0.223 e. The van der Waals surface area contributed by atoms with Crippen LogP contribution in [0.4, 0.5) is 21.2 Å². The van der Waals surface area contributed by atoms with Crippen LogP contribution in [0.15, 0.2) is 30.5 Å². The second kappa shape index (κ2) is 8.79. The molecular weight excluding hydrogens is 455 g/mol. The number of hydrogen-bond donors (Lipinski definition) is 3. The third kappa shape index (κ3) is 4.86. The molecule has 4 rings (SSSR count). The van der Waals surface area contributed by atoms with Crippen LogP contribution in [0.25, 0.3) is 21.8 Å². The number of nitrogens with one attached hydrogen (secondary N) is 2. The zero-order chi connectivity index (χ0) is 22.9. The summed E-state index contributed by atoms with van der Waals surface area (Å²) in [4.78, 5) is 25.0. The smallest absolute Gasteiger partial charge is 0.223 e. The molecule has 1 amide bonds. The molecule has 4 N–H and O–H groups in total. The van der Waals surface area contributed by atoms with Gasteiger partial charge in [-0.3, -0.25) is 4.79 Å². The van der Waals surface area contributed by atoms with Crippen LogP contribution in [-0.2, 0) is 14.6 Å². The van der Waals surface area contributed by atoms with E-state index in [1.807, 2.05) is 0 Å². The van der Waals surface area contributed by atoms with Gasteiger partial charge in [-0.15, -0.1) is 0 Å². The maximum atomic E-state index is 15.1. The van der Waals surface area contributed by atoms with Crippen molar-refractivity contribution in [2.45, 2.75) is 25.8 Å². The Morgan fingerprint density at radius 1 is 1.22 bits per heavy atom. The Labute approximate surface area is 188 Å². The molecule has 12 heteroatoms. The zero-order valence-electron chi connectivity index (χ0n) is 17.1. The maximum absolute atomic E-state index is 15.1. The highest BCUT2D eigenvalue weighted by Crippen LogP contribution is 2.39. The van der Waals surface area contributed by atoms with Crippen LogP contribution in [0.1, 0.15) is 19.8 Å². The van der Waals surface area contributed by atoms with Crippen LogP contribution >= 0.6 is 11.3 Å². The molecule has 32 heavy (non-hydrogen) atoms. The number of nitrogens with zero attached hydrogens (tertiary/aromatic N) is 3. The van der Waals surface area contributed by atoms with Crippen molar-refractivity contribution in [3.05, 3.63) is 36.3 Å². The molecule has 0 spiro atoms. The first kappa shape index (κ1) is 22.1. The average molecular weight is 477 g/mol. The number of carbonyl (C=O) groups excluding carboxylic acids is 1. The van der Waals surface area contributed by atoms with E-state index in [-0.39, 0.29) is 39.8 Å². The van der Waals surface area contributed by atoms with Gasteiger partial charge in [0.25, 0.3) is 0 Å². The summed E-state index contributed by atoms with van der Waals surface area (Å²) in [5, 5.41) is 5.88. The van der Waals surface area contributed by atoms with Crippen molar-refractivity contribution in [2.75, 3.05) is 27.9 Å². The van der Waals surface area contributed by atoms with Crippen LogP contribution in [0.2, 0.25) is 0 Å². The molecule has 9 nitrogen and oxygen atoms in total. The summed E-state index contributed by atoms with van der Waals surface area (Å²) in [7, 11) is -2.97. The molecule has 3 heterocycles. The van der Waals surface area contributed by atoms with Crippen molar-refractivity contribution in [2.24, 2.45) is 0 Å². The molecule has 0 unspecified atom stereocenters. The first-order chi connectivity index (χ1) is 15.2. The van der Waals surface area contributed by atoms with Gasteiger partial charge in [0.2, 0.25) is 11.9 Å². The molecule has 1 aromatic carbocycles. The van der Waals surface area contributed by atoms with Crippen molar-refractivity contribution in [1.82, 2.24) is 15.0 Å². The Morgan fingerprint density at radius 3 is 2.69 bits per heavy atom. The molecule has 1 aliphatic rings. The summed E-state index contributed by atoms with van der Waals surface area (Å²) < 4.78 is 38.4. The summed E-state index contributed by atoms with van der Waals surface area (Å²) in [5.41, 5.74) is 6.98. The Morgan fingerprint density at radius 2 is 1.97 bits per heavy atom. The number of carbonyl (C=O) groups is 1. The predicted octanol–water partition coefficient (Wildman–Crippen LogP) is 2.94. The number of anilines is 3. The Bertz CT molecular complexity index is 1260. The van der Waals surface area contributed by atoms with Gasteiger partial charge in [-0.05, 0) is 31.0 Å². The molecule has 0 bridgehead atoms. The van der Waals surface area contributed by atoms with Crippen molar-refractivity contribution >= 4 is 43.8 Å². The highest BCUT2D eigenvalue weighted by atomic mass is 32.2. The largest absolute Gasteiger partial charge is 0.375 e. The van der Waals surface area contributed by atoms with E-state index in [0.717, 1.165) is 11.3 Å². The van der Waals surface area contributed by atoms with E-state index in [4.69, 9.17) is 5.73 Å². The van der Waals surface area contributed by atoms with Crippen molar-refractivity contribution in [3.63, 3.8) is 0 Å². The fourth-order valence-corrected chi connectivity index (χ4v) is 5.77. The lowest BCUT2D eigenvalue weighted by molar-refractivity contribution is -0.114. The topological polar surface area (TPSA) is 140 Å². The minimum absolute atomic E-state index is 0.0461. The van der Waals surface area contributed by atoms with Gasteiger partial charge in [-0.25, -0.2) is 27.8 Å². The van der Waals surface area contributed by atoms with Crippen LogP contribution < -0.4 is 16.4 Å². The van der Waals surface area contributed by atoms with Gasteiger partial charge in [-0.1, -0.05) is 17.4 Å². The number of aromatic nitrogens is 3. The summed E-state index contributed by atoms with van der Waals surface area (Å²) in [6, 6.07) is 6.26. The first-order valence-electron chi connectivity index (χ1n) is 9.85. The van der Waals surface area contributed by atoms with Gasteiger partial charge in [0, 0.05) is 24.7 Å². The Balaban J connectivity index is 1.65. The van der Waals surface area contributed by atoms with Gasteiger partial charge in [0.15, 0.2) is 10.9 Å². The molecule has 3 aromatic rings. The molecule has 168 valence electrons. The minimum Gasteiger partial charge on any atom is -0.375 e. The molecule has 0 saturated carbocycles. The normalized spacial score (nSPS) is 15.9. The quantitative estimate of drug-likeness (QED) is 0.511.